The molecule has 0 radical (unpaired) electrons. The van der Waals surface area contributed by atoms with Crippen LogP contribution in [0.1, 0.15) is 13.3 Å². The number of nitrogens with zero attached hydrogens (tertiary/aromatic N) is 1. The number of nitro benzene ring substituents is 1. The molecule has 1 aromatic rings. The number of benzene rings is 1. The molecule has 0 atom stereocenters. The van der Waals surface area contributed by atoms with Gasteiger partial charge in [-0.25, -0.2) is 0 Å². The summed E-state index contributed by atoms with van der Waals surface area (Å²) in [5.41, 5.74) is 1.17. The van der Waals surface area contributed by atoms with Crippen molar-refractivity contribution in [1.29, 1.82) is 0 Å². The summed E-state index contributed by atoms with van der Waals surface area (Å²) < 4.78 is 0. The molecule has 112 valence electrons. The topological polar surface area (TPSA) is 87.4 Å². The highest BCUT2D eigenvalue weighted by Gasteiger charge is 2.18. The molecular weight excluding hydrogens is 278 g/mol. The van der Waals surface area contributed by atoms with E-state index in [1.54, 1.807) is 30.0 Å². The third-order valence-electron chi connectivity index (χ3n) is 2.59. The van der Waals surface area contributed by atoms with Crippen LogP contribution in [0.3, 0.4) is 0 Å². The van der Waals surface area contributed by atoms with E-state index in [2.05, 4.69) is 10.6 Å². The second kappa shape index (κ2) is 9.44. The van der Waals surface area contributed by atoms with Gasteiger partial charge in [0.1, 0.15) is 11.4 Å². The zero-order valence-electron chi connectivity index (χ0n) is 11.6. The van der Waals surface area contributed by atoms with Crippen molar-refractivity contribution in [3.8, 4) is 0 Å². The first kappa shape index (κ1) is 16.6. The maximum absolute atomic E-state index is 11.2. The van der Waals surface area contributed by atoms with Crippen molar-refractivity contribution < 1.29 is 10.0 Å². The molecule has 1 aromatic carbocycles. The quantitative estimate of drug-likeness (QED) is 0.350. The Balaban J connectivity index is 2.60. The first-order valence-electron chi connectivity index (χ1n) is 6.64. The fourth-order valence-corrected chi connectivity index (χ4v) is 2.53. The lowest BCUT2D eigenvalue weighted by molar-refractivity contribution is -0.383. The number of anilines is 2. The van der Waals surface area contributed by atoms with E-state index in [9.17, 15) is 10.1 Å². The number of hydrogen-bond acceptors (Lipinski definition) is 6. The molecule has 3 N–H and O–H groups in total. The molecule has 0 aromatic heterocycles. The molecular formula is C13H21N3O3S. The Kier molecular flexibility index (Phi) is 7.82. The SMILES string of the molecule is CCNc1cccc(NCCSCCCO)c1[N+](=O)[O-]. The summed E-state index contributed by atoms with van der Waals surface area (Å²) in [7, 11) is 0. The highest BCUT2D eigenvalue weighted by Crippen LogP contribution is 2.32. The van der Waals surface area contributed by atoms with Gasteiger partial charge < -0.3 is 15.7 Å². The molecule has 0 bridgehead atoms. The van der Waals surface area contributed by atoms with Crippen LogP contribution in [0, 0.1) is 10.1 Å². The standard InChI is InChI=1S/C13H21N3O3S/c1-2-14-11-5-3-6-12(13(11)16(18)19)15-7-10-20-9-4-8-17/h3,5-6,14-15,17H,2,4,7-10H2,1H3. The van der Waals surface area contributed by atoms with Gasteiger partial charge in [-0.15, -0.1) is 0 Å². The molecule has 0 saturated carbocycles. The van der Waals surface area contributed by atoms with Crippen molar-refractivity contribution in [3.05, 3.63) is 28.3 Å². The van der Waals surface area contributed by atoms with Crippen LogP contribution in [-0.4, -0.2) is 41.2 Å². The van der Waals surface area contributed by atoms with Gasteiger partial charge in [0, 0.05) is 25.4 Å². The summed E-state index contributed by atoms with van der Waals surface area (Å²) in [6.07, 6.45) is 0.778. The average molecular weight is 299 g/mol. The maximum Gasteiger partial charge on any atom is 0.315 e. The molecule has 0 aliphatic rings. The fourth-order valence-electron chi connectivity index (χ4n) is 1.74. The zero-order chi connectivity index (χ0) is 14.8. The molecule has 0 amide bonds. The van der Waals surface area contributed by atoms with E-state index >= 15 is 0 Å². The first-order valence-corrected chi connectivity index (χ1v) is 7.80. The summed E-state index contributed by atoms with van der Waals surface area (Å²) in [5.74, 6) is 1.75. The molecule has 0 fully saturated rings. The van der Waals surface area contributed by atoms with E-state index in [1.807, 2.05) is 6.92 Å². The minimum Gasteiger partial charge on any atom is -0.396 e. The van der Waals surface area contributed by atoms with Crippen LogP contribution in [0.2, 0.25) is 0 Å². The molecule has 0 unspecified atom stereocenters. The first-order chi connectivity index (χ1) is 9.70. The Morgan fingerprint density at radius 2 is 2.00 bits per heavy atom. The van der Waals surface area contributed by atoms with E-state index in [0.29, 0.717) is 24.5 Å². The summed E-state index contributed by atoms with van der Waals surface area (Å²) in [4.78, 5) is 10.8. The molecule has 0 saturated heterocycles. The second-order valence-corrected chi connectivity index (χ2v) is 5.33. The van der Waals surface area contributed by atoms with Crippen molar-refractivity contribution in [3.63, 3.8) is 0 Å². The molecule has 7 heteroatoms. The highest BCUT2D eigenvalue weighted by atomic mass is 32.2. The third-order valence-corrected chi connectivity index (χ3v) is 3.66. The molecule has 0 spiro atoms. The lowest BCUT2D eigenvalue weighted by Crippen LogP contribution is -2.09. The van der Waals surface area contributed by atoms with Crippen molar-refractivity contribution in [2.45, 2.75) is 13.3 Å². The van der Waals surface area contributed by atoms with Gasteiger partial charge in [0.15, 0.2) is 0 Å². The van der Waals surface area contributed by atoms with Crippen molar-refractivity contribution in [1.82, 2.24) is 0 Å². The van der Waals surface area contributed by atoms with Gasteiger partial charge in [0.05, 0.1) is 4.92 Å². The number of rotatable bonds is 10. The smallest absolute Gasteiger partial charge is 0.315 e. The predicted molar refractivity (Wildman–Crippen MR) is 84.8 cm³/mol. The highest BCUT2D eigenvalue weighted by molar-refractivity contribution is 7.99. The van der Waals surface area contributed by atoms with Gasteiger partial charge >= 0.3 is 5.69 Å². The number of aliphatic hydroxyl groups excluding tert-OH is 1. The molecule has 20 heavy (non-hydrogen) atoms. The van der Waals surface area contributed by atoms with Crippen LogP contribution in [0.5, 0.6) is 0 Å². The Hall–Kier alpha value is -1.47. The molecule has 0 aliphatic heterocycles. The maximum atomic E-state index is 11.2. The minimum atomic E-state index is -0.362. The third kappa shape index (κ3) is 5.26. The number of para-hydroxylation sites is 1. The van der Waals surface area contributed by atoms with E-state index in [1.165, 1.54) is 0 Å². The largest absolute Gasteiger partial charge is 0.396 e. The number of thioether (sulfide) groups is 1. The monoisotopic (exact) mass is 299 g/mol. The Labute approximate surface area is 123 Å². The number of aliphatic hydroxyl groups is 1. The van der Waals surface area contributed by atoms with E-state index in [-0.39, 0.29) is 17.2 Å². The van der Waals surface area contributed by atoms with Crippen LogP contribution < -0.4 is 10.6 Å². The van der Waals surface area contributed by atoms with Gasteiger partial charge in [0.25, 0.3) is 0 Å². The lowest BCUT2D eigenvalue weighted by Gasteiger charge is -2.10. The van der Waals surface area contributed by atoms with Gasteiger partial charge in [-0.2, -0.15) is 11.8 Å². The van der Waals surface area contributed by atoms with Gasteiger partial charge in [0.2, 0.25) is 0 Å². The number of nitrogens with one attached hydrogen (secondary N) is 2. The van der Waals surface area contributed by atoms with Gasteiger partial charge in [-0.1, -0.05) is 6.07 Å². The minimum absolute atomic E-state index is 0.0923. The average Bonchev–Trinajstić information content (AvgIpc) is 2.43. The second-order valence-electron chi connectivity index (χ2n) is 4.11. The lowest BCUT2D eigenvalue weighted by atomic mass is 10.2. The fraction of sp³-hybridized carbons (Fsp3) is 0.538. The van der Waals surface area contributed by atoms with Crippen molar-refractivity contribution in [2.24, 2.45) is 0 Å². The summed E-state index contributed by atoms with van der Waals surface area (Å²) in [6, 6.07) is 5.23. The van der Waals surface area contributed by atoms with Crippen LogP contribution in [0.25, 0.3) is 0 Å². The Morgan fingerprint density at radius 3 is 2.60 bits per heavy atom. The van der Waals surface area contributed by atoms with Crippen LogP contribution in [-0.2, 0) is 0 Å². The predicted octanol–water partition coefficient (Wildman–Crippen LogP) is 2.55. The van der Waals surface area contributed by atoms with Crippen LogP contribution >= 0.6 is 11.8 Å². The number of nitro groups is 1. The summed E-state index contributed by atoms with van der Waals surface area (Å²) in [6.45, 7) is 3.41. The number of hydrogen-bond donors (Lipinski definition) is 3. The molecule has 0 heterocycles. The Morgan fingerprint density at radius 1 is 1.30 bits per heavy atom. The molecule has 1 rings (SSSR count). The summed E-state index contributed by atoms with van der Waals surface area (Å²) >= 11 is 1.72. The molecule has 0 aliphatic carbocycles. The van der Waals surface area contributed by atoms with Crippen LogP contribution in [0.4, 0.5) is 17.1 Å². The van der Waals surface area contributed by atoms with Gasteiger partial charge in [-0.3, -0.25) is 10.1 Å². The van der Waals surface area contributed by atoms with E-state index in [0.717, 1.165) is 17.9 Å². The Bertz CT molecular complexity index is 429. The van der Waals surface area contributed by atoms with Crippen molar-refractivity contribution >= 4 is 28.8 Å². The van der Waals surface area contributed by atoms with Gasteiger partial charge in [-0.05, 0) is 31.2 Å². The summed E-state index contributed by atoms with van der Waals surface area (Å²) in [5, 5.41) is 26.0. The van der Waals surface area contributed by atoms with Crippen molar-refractivity contribution in [2.75, 3.05) is 41.8 Å². The van der Waals surface area contributed by atoms with E-state index < -0.39 is 0 Å². The van der Waals surface area contributed by atoms with Crippen LogP contribution in [0.15, 0.2) is 18.2 Å². The normalized spacial score (nSPS) is 10.3. The van der Waals surface area contributed by atoms with E-state index in [4.69, 9.17) is 5.11 Å². The zero-order valence-corrected chi connectivity index (χ0v) is 12.4. The molecule has 6 nitrogen and oxygen atoms in total.